The van der Waals surface area contributed by atoms with Crippen LogP contribution in [-0.4, -0.2) is 60.1 Å². The summed E-state index contributed by atoms with van der Waals surface area (Å²) in [6, 6.07) is 0. The van der Waals surface area contributed by atoms with E-state index in [9.17, 15) is 0 Å². The van der Waals surface area contributed by atoms with Gasteiger partial charge in [-0.05, 0) is 32.3 Å². The van der Waals surface area contributed by atoms with Crippen molar-refractivity contribution in [2.24, 2.45) is 0 Å². The van der Waals surface area contributed by atoms with Crippen molar-refractivity contribution in [2.75, 3.05) is 40.8 Å². The highest BCUT2D eigenvalue weighted by Crippen LogP contribution is 2.43. The van der Waals surface area contributed by atoms with E-state index >= 15 is 0 Å². The minimum Gasteiger partial charge on any atom is -0.349 e. The summed E-state index contributed by atoms with van der Waals surface area (Å²) < 4.78 is 2.97. The van der Waals surface area contributed by atoms with E-state index in [1.165, 1.54) is 24.2 Å². The molecule has 98 valence electrons. The predicted octanol–water partition coefficient (Wildman–Crippen LogP) is 2.25. The second kappa shape index (κ2) is 4.06. The molecule has 3 nitrogen and oxygen atoms in total. The Balaban J connectivity index is 2.10. The van der Waals surface area contributed by atoms with Crippen LogP contribution < -0.4 is 0 Å². The zero-order valence-electron chi connectivity index (χ0n) is 11.8. The highest BCUT2D eigenvalue weighted by atomic mass is 35.5. The van der Waals surface area contributed by atoms with E-state index in [1.54, 1.807) is 0 Å². The molecule has 0 atom stereocenters. The van der Waals surface area contributed by atoms with Crippen LogP contribution in [0.5, 0.6) is 0 Å². The molecule has 1 heterocycles. The first-order valence-electron chi connectivity index (χ1n) is 6.44. The van der Waals surface area contributed by atoms with Gasteiger partial charge in [-0.2, -0.15) is 0 Å². The molecule has 4 heteroatoms. The van der Waals surface area contributed by atoms with E-state index in [0.717, 1.165) is 24.1 Å². The Morgan fingerprint density at radius 3 is 2.29 bits per heavy atom. The van der Waals surface area contributed by atoms with Gasteiger partial charge in [0.15, 0.2) is 0 Å². The average Bonchev–Trinajstić information content (AvgIpc) is 2.93. The van der Waals surface area contributed by atoms with E-state index < -0.39 is 0 Å². The maximum absolute atomic E-state index is 6.48. The minimum absolute atomic E-state index is 0.0529. The number of likely N-dealkylation sites (N-methyl/N-ethyl adjacent to an activating group) is 1. The monoisotopic (exact) mass is 258 g/mol. The van der Waals surface area contributed by atoms with Crippen LogP contribution in [0.4, 0.5) is 0 Å². The molecular formula is C13H25ClN3+. The number of hydrogen-bond acceptors (Lipinski definition) is 2. The fourth-order valence-corrected chi connectivity index (χ4v) is 2.55. The van der Waals surface area contributed by atoms with Crippen LogP contribution >= 0.6 is 11.8 Å². The topological polar surface area (TPSA) is 6.48 Å². The maximum Gasteiger partial charge on any atom is 0.119 e. The van der Waals surface area contributed by atoms with Crippen LogP contribution in [0.15, 0.2) is 11.4 Å². The van der Waals surface area contributed by atoms with Crippen LogP contribution in [0.1, 0.15) is 26.7 Å². The van der Waals surface area contributed by atoms with E-state index in [2.05, 4.69) is 39.9 Å². The van der Waals surface area contributed by atoms with Gasteiger partial charge in [0.1, 0.15) is 5.82 Å². The number of allylic oxidation sites excluding steroid dienone is 1. The highest BCUT2D eigenvalue weighted by Gasteiger charge is 2.42. The SMILES string of the molecule is CC1(C)CN(CC[N+](C)(C)C)C(=C2CC2)N1Cl. The Labute approximate surface area is 110 Å². The first-order chi connectivity index (χ1) is 7.71. The minimum atomic E-state index is 0.0529. The molecule has 2 fully saturated rings. The molecule has 1 saturated heterocycles. The molecule has 0 aromatic heterocycles. The maximum atomic E-state index is 6.48. The van der Waals surface area contributed by atoms with Crippen molar-refractivity contribution in [3.05, 3.63) is 11.4 Å². The first kappa shape index (κ1) is 13.0. The lowest BCUT2D eigenvalue weighted by Gasteiger charge is -2.28. The summed E-state index contributed by atoms with van der Waals surface area (Å²) in [7, 11) is 6.72. The fraction of sp³-hybridized carbons (Fsp3) is 0.846. The van der Waals surface area contributed by atoms with Gasteiger partial charge >= 0.3 is 0 Å². The van der Waals surface area contributed by atoms with Gasteiger partial charge < -0.3 is 9.38 Å². The molecule has 0 spiro atoms. The third-order valence-electron chi connectivity index (χ3n) is 3.45. The average molecular weight is 259 g/mol. The van der Waals surface area contributed by atoms with Crippen molar-refractivity contribution in [1.29, 1.82) is 0 Å². The second-order valence-electron chi connectivity index (χ2n) is 6.96. The largest absolute Gasteiger partial charge is 0.349 e. The predicted molar refractivity (Wildman–Crippen MR) is 72.5 cm³/mol. The summed E-state index contributed by atoms with van der Waals surface area (Å²) in [4.78, 5) is 2.47. The Hall–Kier alpha value is -0.410. The van der Waals surface area contributed by atoms with E-state index in [-0.39, 0.29) is 5.54 Å². The summed E-state index contributed by atoms with van der Waals surface area (Å²) in [6.45, 7) is 7.71. The molecule has 1 aliphatic heterocycles. The number of halogens is 1. The van der Waals surface area contributed by atoms with Gasteiger partial charge in [0.25, 0.3) is 0 Å². The van der Waals surface area contributed by atoms with Crippen molar-refractivity contribution >= 4 is 11.8 Å². The van der Waals surface area contributed by atoms with Crippen molar-refractivity contribution in [2.45, 2.75) is 32.2 Å². The van der Waals surface area contributed by atoms with E-state index in [1.807, 2.05) is 4.42 Å². The van der Waals surface area contributed by atoms with Gasteiger partial charge in [-0.3, -0.25) is 4.42 Å². The summed E-state index contributed by atoms with van der Waals surface area (Å²) in [6.07, 6.45) is 2.46. The third-order valence-corrected chi connectivity index (χ3v) is 4.07. The van der Waals surface area contributed by atoms with Crippen molar-refractivity contribution < 1.29 is 4.48 Å². The van der Waals surface area contributed by atoms with Crippen LogP contribution in [-0.2, 0) is 0 Å². The molecule has 0 aromatic rings. The van der Waals surface area contributed by atoms with Crippen LogP contribution in [0.2, 0.25) is 0 Å². The second-order valence-corrected chi connectivity index (χ2v) is 7.29. The lowest BCUT2D eigenvalue weighted by molar-refractivity contribution is -0.869. The molecule has 1 saturated carbocycles. The number of nitrogens with zero attached hydrogens (tertiary/aromatic N) is 3. The Morgan fingerprint density at radius 1 is 1.24 bits per heavy atom. The lowest BCUT2D eigenvalue weighted by Crippen LogP contribution is -2.41. The molecule has 0 radical (unpaired) electrons. The number of quaternary nitrogens is 1. The molecular weight excluding hydrogens is 234 g/mol. The molecule has 0 amide bonds. The fourth-order valence-electron chi connectivity index (χ4n) is 2.27. The Morgan fingerprint density at radius 2 is 1.82 bits per heavy atom. The summed E-state index contributed by atoms with van der Waals surface area (Å²) in [5.74, 6) is 1.30. The van der Waals surface area contributed by atoms with Crippen molar-refractivity contribution in [3.8, 4) is 0 Å². The zero-order chi connectivity index (χ0) is 12.8. The quantitative estimate of drug-likeness (QED) is 0.566. The van der Waals surface area contributed by atoms with Gasteiger partial charge in [0, 0.05) is 18.3 Å². The molecule has 1 aliphatic carbocycles. The molecule has 2 rings (SSSR count). The molecule has 2 aliphatic rings. The molecule has 0 aromatic carbocycles. The summed E-state index contributed by atoms with van der Waals surface area (Å²) >= 11 is 6.48. The van der Waals surface area contributed by atoms with Crippen LogP contribution in [0.25, 0.3) is 0 Å². The number of rotatable bonds is 3. The Kier molecular flexibility index (Phi) is 3.11. The van der Waals surface area contributed by atoms with Gasteiger partial charge in [-0.1, -0.05) is 0 Å². The molecule has 0 unspecified atom stereocenters. The zero-order valence-corrected chi connectivity index (χ0v) is 12.5. The van der Waals surface area contributed by atoms with E-state index in [0.29, 0.717) is 0 Å². The lowest BCUT2D eigenvalue weighted by atomic mass is 10.1. The first-order valence-corrected chi connectivity index (χ1v) is 6.78. The van der Waals surface area contributed by atoms with Crippen LogP contribution in [0.3, 0.4) is 0 Å². The van der Waals surface area contributed by atoms with Crippen molar-refractivity contribution in [3.63, 3.8) is 0 Å². The highest BCUT2D eigenvalue weighted by molar-refractivity contribution is 6.15. The van der Waals surface area contributed by atoms with Gasteiger partial charge in [-0.25, -0.2) is 0 Å². The third kappa shape index (κ3) is 2.89. The van der Waals surface area contributed by atoms with Gasteiger partial charge in [0.05, 0.1) is 39.8 Å². The summed E-state index contributed by atoms with van der Waals surface area (Å²) in [5, 5.41) is 0. The standard InChI is InChI=1S/C13H25ClN3/c1-13(2)10-15(8-9-17(3,4)5)12(16(13)14)11-6-7-11/h6-10H2,1-5H3/q+1. The molecule has 0 N–H and O–H groups in total. The Bertz CT molecular complexity index is 335. The van der Waals surface area contributed by atoms with Gasteiger partial charge in [0.2, 0.25) is 0 Å². The van der Waals surface area contributed by atoms with Gasteiger partial charge in [-0.15, -0.1) is 0 Å². The smallest absolute Gasteiger partial charge is 0.119 e. The van der Waals surface area contributed by atoms with Crippen LogP contribution in [0, 0.1) is 0 Å². The molecule has 0 bridgehead atoms. The van der Waals surface area contributed by atoms with E-state index in [4.69, 9.17) is 11.8 Å². The number of hydrogen-bond donors (Lipinski definition) is 0. The normalized spacial score (nSPS) is 23.6. The molecule has 17 heavy (non-hydrogen) atoms. The van der Waals surface area contributed by atoms with Crippen molar-refractivity contribution in [1.82, 2.24) is 9.32 Å². The summed E-state index contributed by atoms with van der Waals surface area (Å²) in [5.41, 5.74) is 1.59.